The van der Waals surface area contributed by atoms with Crippen LogP contribution in [0.2, 0.25) is 0 Å². The van der Waals surface area contributed by atoms with Gasteiger partial charge in [0.1, 0.15) is 11.2 Å². The maximum atomic E-state index is 6.25. The molecule has 0 saturated carbocycles. The highest BCUT2D eigenvalue weighted by Gasteiger charge is 2.18. The van der Waals surface area contributed by atoms with Gasteiger partial charge in [0, 0.05) is 27.5 Å². The number of rotatable bonds is 4. The molecule has 1 aromatic heterocycles. The minimum Gasteiger partial charge on any atom is -0.456 e. The minimum atomic E-state index is 0.909. The highest BCUT2D eigenvalue weighted by Crippen LogP contribution is 2.43. The topological polar surface area (TPSA) is 16.4 Å². The fourth-order valence-corrected chi connectivity index (χ4v) is 7.57. The molecule has 0 unspecified atom stereocenters. The number of hydrogen-bond acceptors (Lipinski definition) is 2. The lowest BCUT2D eigenvalue weighted by Gasteiger charge is -2.27. The molecule has 0 spiro atoms. The van der Waals surface area contributed by atoms with Crippen LogP contribution in [0.25, 0.3) is 76.2 Å². The summed E-state index contributed by atoms with van der Waals surface area (Å²) in [6.07, 6.45) is 0. The lowest BCUT2D eigenvalue weighted by Crippen LogP contribution is -2.10. The maximum absolute atomic E-state index is 6.25. The van der Waals surface area contributed by atoms with Crippen LogP contribution in [0, 0.1) is 0 Å². The third-order valence-electron chi connectivity index (χ3n) is 9.81. The van der Waals surface area contributed by atoms with E-state index in [2.05, 4.69) is 169 Å². The van der Waals surface area contributed by atoms with Crippen molar-refractivity contribution in [1.29, 1.82) is 0 Å². The molecule has 0 bridgehead atoms. The van der Waals surface area contributed by atoms with E-state index in [1.165, 1.54) is 48.8 Å². The summed E-state index contributed by atoms with van der Waals surface area (Å²) in [4.78, 5) is 2.37. The summed E-state index contributed by atoms with van der Waals surface area (Å²) in [5.74, 6) is 0. The van der Waals surface area contributed by atoms with Gasteiger partial charge in [-0.1, -0.05) is 121 Å². The zero-order valence-corrected chi connectivity index (χ0v) is 26.1. The normalized spacial score (nSPS) is 11.8. The number of anilines is 3. The Morgan fingerprint density at radius 2 is 1.00 bits per heavy atom. The van der Waals surface area contributed by atoms with Gasteiger partial charge in [-0.15, -0.1) is 0 Å². The quantitative estimate of drug-likeness (QED) is 0.184. The molecule has 48 heavy (non-hydrogen) atoms. The third kappa shape index (κ3) is 4.13. The van der Waals surface area contributed by atoms with Crippen molar-refractivity contribution in [3.05, 3.63) is 176 Å². The van der Waals surface area contributed by atoms with Gasteiger partial charge in [0.25, 0.3) is 0 Å². The molecule has 0 aliphatic carbocycles. The highest BCUT2D eigenvalue weighted by molar-refractivity contribution is 6.21. The molecule has 0 N–H and O–H groups in total. The smallest absolute Gasteiger partial charge is 0.136 e. The SMILES string of the molecule is c1ccc(N(c2ccc(-c3cc4c5ccccc5ccc4c4ccccc34)cc2)c2cccc3cc4oc5ccccc5c4cc23)cc1. The maximum Gasteiger partial charge on any atom is 0.136 e. The van der Waals surface area contributed by atoms with Gasteiger partial charge in [0.05, 0.1) is 5.69 Å². The molecule has 0 amide bonds. The van der Waals surface area contributed by atoms with Crippen LogP contribution in [0.4, 0.5) is 17.1 Å². The van der Waals surface area contributed by atoms with Crippen molar-refractivity contribution in [3.63, 3.8) is 0 Å². The first-order valence-electron chi connectivity index (χ1n) is 16.4. The molecule has 0 radical (unpaired) electrons. The summed E-state index contributed by atoms with van der Waals surface area (Å²) in [5.41, 5.74) is 7.60. The van der Waals surface area contributed by atoms with Crippen molar-refractivity contribution < 1.29 is 4.42 Å². The monoisotopic (exact) mass is 611 g/mol. The molecule has 0 saturated heterocycles. The molecule has 0 fully saturated rings. The van der Waals surface area contributed by atoms with Crippen LogP contribution in [0.3, 0.4) is 0 Å². The Labute approximate surface area is 277 Å². The van der Waals surface area contributed by atoms with Gasteiger partial charge in [-0.05, 0) is 103 Å². The molecule has 224 valence electrons. The van der Waals surface area contributed by atoms with Gasteiger partial charge in [-0.2, -0.15) is 0 Å². The minimum absolute atomic E-state index is 0.909. The molecule has 9 aromatic carbocycles. The van der Waals surface area contributed by atoms with Crippen molar-refractivity contribution >= 4 is 82.1 Å². The third-order valence-corrected chi connectivity index (χ3v) is 9.81. The van der Waals surface area contributed by atoms with Gasteiger partial charge in [-0.3, -0.25) is 0 Å². The van der Waals surface area contributed by atoms with Crippen LogP contribution in [-0.4, -0.2) is 0 Å². The number of para-hydroxylation sites is 2. The molecular formula is C46H29NO. The Bertz CT molecular complexity index is 2830. The average Bonchev–Trinajstić information content (AvgIpc) is 3.52. The number of fused-ring (bicyclic) bond motifs is 9. The van der Waals surface area contributed by atoms with E-state index in [-0.39, 0.29) is 0 Å². The van der Waals surface area contributed by atoms with Crippen molar-refractivity contribution in [1.82, 2.24) is 0 Å². The van der Waals surface area contributed by atoms with Gasteiger partial charge in [-0.25, -0.2) is 0 Å². The predicted octanol–water partition coefficient (Wildman–Crippen LogP) is 13.3. The summed E-state index contributed by atoms with van der Waals surface area (Å²) < 4.78 is 6.25. The number of benzene rings is 9. The van der Waals surface area contributed by atoms with E-state index in [1.807, 2.05) is 12.1 Å². The van der Waals surface area contributed by atoms with Gasteiger partial charge >= 0.3 is 0 Å². The first-order chi connectivity index (χ1) is 23.8. The fourth-order valence-electron chi connectivity index (χ4n) is 7.57. The van der Waals surface area contributed by atoms with Gasteiger partial charge in [0.2, 0.25) is 0 Å². The Morgan fingerprint density at radius 1 is 0.333 bits per heavy atom. The van der Waals surface area contributed by atoms with Crippen LogP contribution in [-0.2, 0) is 0 Å². The highest BCUT2D eigenvalue weighted by atomic mass is 16.3. The second-order valence-electron chi connectivity index (χ2n) is 12.5. The molecule has 1 heterocycles. The summed E-state index contributed by atoms with van der Waals surface area (Å²) in [5, 5.41) is 12.2. The van der Waals surface area contributed by atoms with Gasteiger partial charge in [0.15, 0.2) is 0 Å². The standard InChI is InChI=1S/C46H29NO/c1-2-13-33(14-3-1)47(44-19-10-12-32-27-46-43(29-41(32)44)39-18-8-9-20-45(39)48-46)34-24-21-31(22-25-34)40-28-42-35-15-5-4-11-30(35)23-26-38(42)36-16-6-7-17-37(36)40/h1-29H. The van der Waals surface area contributed by atoms with Crippen LogP contribution >= 0.6 is 0 Å². The van der Waals surface area contributed by atoms with Crippen molar-refractivity contribution in [2.45, 2.75) is 0 Å². The zero-order chi connectivity index (χ0) is 31.6. The van der Waals surface area contributed by atoms with E-state index < -0.39 is 0 Å². The van der Waals surface area contributed by atoms with Gasteiger partial charge < -0.3 is 9.32 Å². The first kappa shape index (κ1) is 26.8. The van der Waals surface area contributed by atoms with Crippen molar-refractivity contribution in [3.8, 4) is 11.1 Å². The van der Waals surface area contributed by atoms with E-state index in [4.69, 9.17) is 4.42 Å². The predicted molar refractivity (Wildman–Crippen MR) is 204 cm³/mol. The molecule has 2 heteroatoms. The zero-order valence-electron chi connectivity index (χ0n) is 26.1. The number of hydrogen-bond donors (Lipinski definition) is 0. The van der Waals surface area contributed by atoms with Crippen LogP contribution in [0.5, 0.6) is 0 Å². The van der Waals surface area contributed by atoms with Crippen LogP contribution in [0.15, 0.2) is 180 Å². The molecule has 0 aliphatic heterocycles. The Morgan fingerprint density at radius 3 is 1.85 bits per heavy atom. The van der Waals surface area contributed by atoms with E-state index in [0.717, 1.165) is 44.4 Å². The van der Waals surface area contributed by atoms with Crippen LogP contribution in [0.1, 0.15) is 0 Å². The first-order valence-corrected chi connectivity index (χ1v) is 16.4. The molecule has 2 nitrogen and oxygen atoms in total. The Balaban J connectivity index is 1.17. The summed E-state index contributed by atoms with van der Waals surface area (Å²) >= 11 is 0. The Hall–Kier alpha value is -6.38. The van der Waals surface area contributed by atoms with Crippen LogP contribution < -0.4 is 4.90 Å². The van der Waals surface area contributed by atoms with E-state index in [1.54, 1.807) is 0 Å². The van der Waals surface area contributed by atoms with Crippen molar-refractivity contribution in [2.75, 3.05) is 4.90 Å². The second kappa shape index (κ2) is 10.6. The van der Waals surface area contributed by atoms with Crippen molar-refractivity contribution in [2.24, 2.45) is 0 Å². The largest absolute Gasteiger partial charge is 0.456 e. The average molecular weight is 612 g/mol. The summed E-state index contributed by atoms with van der Waals surface area (Å²) in [6.45, 7) is 0. The number of nitrogens with zero attached hydrogens (tertiary/aromatic N) is 1. The molecule has 10 rings (SSSR count). The lowest BCUT2D eigenvalue weighted by molar-refractivity contribution is 0.669. The molecule has 0 atom stereocenters. The fraction of sp³-hybridized carbons (Fsp3) is 0. The molecule has 10 aromatic rings. The Kier molecular flexibility index (Phi) is 5.91. The summed E-state index contributed by atoms with van der Waals surface area (Å²) in [7, 11) is 0. The molecular weight excluding hydrogens is 583 g/mol. The summed E-state index contributed by atoms with van der Waals surface area (Å²) in [6, 6.07) is 63.4. The van der Waals surface area contributed by atoms with E-state index >= 15 is 0 Å². The second-order valence-corrected chi connectivity index (χ2v) is 12.5. The lowest BCUT2D eigenvalue weighted by atomic mass is 9.91. The van der Waals surface area contributed by atoms with E-state index in [9.17, 15) is 0 Å². The van der Waals surface area contributed by atoms with E-state index in [0.29, 0.717) is 0 Å². The number of furan rings is 1. The molecule has 0 aliphatic rings.